The van der Waals surface area contributed by atoms with Crippen LogP contribution in [0.25, 0.3) is 11.0 Å². The van der Waals surface area contributed by atoms with Crippen molar-refractivity contribution in [2.75, 3.05) is 7.11 Å². The van der Waals surface area contributed by atoms with E-state index in [1.165, 1.54) is 13.2 Å². The summed E-state index contributed by atoms with van der Waals surface area (Å²) in [5, 5.41) is 0.590. The molecule has 0 bridgehead atoms. The van der Waals surface area contributed by atoms with E-state index in [1.54, 1.807) is 32.0 Å². The van der Waals surface area contributed by atoms with Crippen LogP contribution in [0.15, 0.2) is 63.8 Å². The number of ketones is 1. The molecule has 0 unspecified atom stereocenters. The number of rotatable bonds is 6. The zero-order valence-electron chi connectivity index (χ0n) is 18.5. The SMILES string of the molecule is COc1ccc2cc(C(=O)[C@H]3O[C@@H]4OC(C)(C)O[C@@H]4[C@H]3OCc3ccccc3)c(=O)oc2c1. The second-order valence-electron chi connectivity index (χ2n) is 8.50. The topological polar surface area (TPSA) is 93.4 Å². The van der Waals surface area contributed by atoms with Crippen LogP contribution in [-0.2, 0) is 25.6 Å². The summed E-state index contributed by atoms with van der Waals surface area (Å²) < 4.78 is 34.4. The molecule has 3 aromatic rings. The first-order chi connectivity index (χ1) is 15.8. The zero-order chi connectivity index (χ0) is 23.2. The summed E-state index contributed by atoms with van der Waals surface area (Å²) in [5.41, 5.74) is 0.380. The van der Waals surface area contributed by atoms with E-state index >= 15 is 0 Å². The van der Waals surface area contributed by atoms with Crippen LogP contribution < -0.4 is 10.4 Å². The Kier molecular flexibility index (Phi) is 5.54. The molecule has 0 aliphatic carbocycles. The second-order valence-corrected chi connectivity index (χ2v) is 8.50. The molecule has 1 aromatic heterocycles. The van der Waals surface area contributed by atoms with Gasteiger partial charge >= 0.3 is 5.63 Å². The number of methoxy groups -OCH3 is 1. The van der Waals surface area contributed by atoms with E-state index in [9.17, 15) is 9.59 Å². The van der Waals surface area contributed by atoms with Gasteiger partial charge in [-0.25, -0.2) is 4.79 Å². The lowest BCUT2D eigenvalue weighted by Crippen LogP contribution is -2.41. The van der Waals surface area contributed by atoms with Crippen molar-refractivity contribution in [1.29, 1.82) is 0 Å². The third kappa shape index (κ3) is 4.18. The summed E-state index contributed by atoms with van der Waals surface area (Å²) in [4.78, 5) is 26.1. The fraction of sp³-hybridized carbons (Fsp3) is 0.360. The lowest BCUT2D eigenvalue weighted by atomic mass is 10.0. The first kappa shape index (κ1) is 21.8. The Hall–Kier alpha value is -3.04. The third-order valence-corrected chi connectivity index (χ3v) is 5.74. The number of ether oxygens (including phenoxy) is 5. The smallest absolute Gasteiger partial charge is 0.347 e. The Labute approximate surface area is 190 Å². The molecule has 2 aromatic carbocycles. The minimum absolute atomic E-state index is 0.120. The number of fused-ring (bicyclic) bond motifs is 2. The number of hydrogen-bond donors (Lipinski definition) is 0. The molecule has 3 heterocycles. The monoisotopic (exact) mass is 452 g/mol. The van der Waals surface area contributed by atoms with Gasteiger partial charge in [-0.3, -0.25) is 4.79 Å². The Morgan fingerprint density at radius 2 is 1.85 bits per heavy atom. The summed E-state index contributed by atoms with van der Waals surface area (Å²) in [6, 6.07) is 16.1. The Morgan fingerprint density at radius 3 is 2.61 bits per heavy atom. The summed E-state index contributed by atoms with van der Waals surface area (Å²) >= 11 is 0. The number of carbonyl (C=O) groups is 1. The van der Waals surface area contributed by atoms with Gasteiger partial charge < -0.3 is 28.1 Å². The maximum atomic E-state index is 13.4. The van der Waals surface area contributed by atoms with E-state index in [0.29, 0.717) is 16.7 Å². The quantitative estimate of drug-likeness (QED) is 0.415. The highest BCUT2D eigenvalue weighted by Crippen LogP contribution is 2.40. The largest absolute Gasteiger partial charge is 0.497 e. The highest BCUT2D eigenvalue weighted by atomic mass is 16.8. The van der Waals surface area contributed by atoms with Gasteiger partial charge in [-0.05, 0) is 37.6 Å². The van der Waals surface area contributed by atoms with Gasteiger partial charge in [0.05, 0.1) is 13.7 Å². The van der Waals surface area contributed by atoms with E-state index in [-0.39, 0.29) is 12.2 Å². The molecule has 8 heteroatoms. The molecular formula is C25H24O8. The maximum Gasteiger partial charge on any atom is 0.347 e. The van der Waals surface area contributed by atoms with E-state index in [0.717, 1.165) is 5.56 Å². The normalized spacial score (nSPS) is 25.8. The molecule has 2 aliphatic heterocycles. The summed E-state index contributed by atoms with van der Waals surface area (Å²) in [5.74, 6) is -0.874. The van der Waals surface area contributed by atoms with Crippen LogP contribution in [0.3, 0.4) is 0 Å². The lowest BCUT2D eigenvalue weighted by Gasteiger charge is -2.25. The lowest BCUT2D eigenvalue weighted by molar-refractivity contribution is -0.212. The van der Waals surface area contributed by atoms with Crippen molar-refractivity contribution in [3.8, 4) is 5.75 Å². The van der Waals surface area contributed by atoms with Crippen LogP contribution >= 0.6 is 0 Å². The highest BCUT2D eigenvalue weighted by Gasteiger charge is 2.57. The van der Waals surface area contributed by atoms with Gasteiger partial charge in [0.15, 0.2) is 18.2 Å². The van der Waals surface area contributed by atoms with Gasteiger partial charge in [0.2, 0.25) is 5.78 Å². The summed E-state index contributed by atoms with van der Waals surface area (Å²) in [6.07, 6.45) is -3.25. The summed E-state index contributed by atoms with van der Waals surface area (Å²) in [6.45, 7) is 3.79. The predicted octanol–water partition coefficient (Wildman–Crippen LogP) is 3.45. The maximum absolute atomic E-state index is 13.4. The van der Waals surface area contributed by atoms with Gasteiger partial charge in [-0.2, -0.15) is 0 Å². The minimum Gasteiger partial charge on any atom is -0.497 e. The van der Waals surface area contributed by atoms with Crippen LogP contribution in [-0.4, -0.2) is 43.3 Å². The molecule has 4 atom stereocenters. The molecule has 0 radical (unpaired) electrons. The Morgan fingerprint density at radius 1 is 1.06 bits per heavy atom. The van der Waals surface area contributed by atoms with E-state index in [1.807, 2.05) is 30.3 Å². The zero-order valence-corrected chi connectivity index (χ0v) is 18.5. The molecule has 2 aliphatic rings. The molecule has 0 N–H and O–H groups in total. The van der Waals surface area contributed by atoms with Crippen LogP contribution in [0.2, 0.25) is 0 Å². The summed E-state index contributed by atoms with van der Waals surface area (Å²) in [7, 11) is 1.52. The van der Waals surface area contributed by atoms with Crippen molar-refractivity contribution in [2.45, 2.75) is 50.8 Å². The van der Waals surface area contributed by atoms with Gasteiger partial charge in [-0.1, -0.05) is 30.3 Å². The predicted molar refractivity (Wildman–Crippen MR) is 117 cm³/mol. The van der Waals surface area contributed by atoms with Gasteiger partial charge in [0, 0.05) is 11.5 Å². The number of Topliss-reactive ketones (excluding diaryl/α,β-unsaturated/α-hetero) is 1. The minimum atomic E-state index is -1.08. The second kappa shape index (κ2) is 8.39. The number of hydrogen-bond acceptors (Lipinski definition) is 8. The molecule has 0 amide bonds. The Balaban J connectivity index is 1.45. The number of benzene rings is 2. The molecule has 33 heavy (non-hydrogen) atoms. The van der Waals surface area contributed by atoms with Gasteiger partial charge in [0.1, 0.15) is 29.1 Å². The van der Waals surface area contributed by atoms with Crippen LogP contribution in [0.4, 0.5) is 0 Å². The fourth-order valence-corrected chi connectivity index (χ4v) is 4.18. The molecule has 2 fully saturated rings. The molecule has 2 saturated heterocycles. The van der Waals surface area contributed by atoms with Crippen molar-refractivity contribution < 1.29 is 32.9 Å². The highest BCUT2D eigenvalue weighted by molar-refractivity contribution is 6.01. The number of carbonyl (C=O) groups excluding carboxylic acids is 1. The molecule has 8 nitrogen and oxygen atoms in total. The molecule has 0 saturated carbocycles. The van der Waals surface area contributed by atoms with Crippen LogP contribution in [0.5, 0.6) is 5.75 Å². The average molecular weight is 452 g/mol. The molecule has 0 spiro atoms. The molecule has 172 valence electrons. The van der Waals surface area contributed by atoms with E-state index in [2.05, 4.69) is 0 Å². The average Bonchev–Trinajstić information content (AvgIpc) is 3.28. The fourth-order valence-electron chi connectivity index (χ4n) is 4.18. The van der Waals surface area contributed by atoms with Crippen molar-refractivity contribution in [2.24, 2.45) is 0 Å². The first-order valence-corrected chi connectivity index (χ1v) is 10.7. The van der Waals surface area contributed by atoms with E-state index in [4.69, 9.17) is 28.1 Å². The van der Waals surface area contributed by atoms with Crippen LogP contribution in [0.1, 0.15) is 29.8 Å². The van der Waals surface area contributed by atoms with Crippen molar-refractivity contribution in [3.05, 3.63) is 76.1 Å². The van der Waals surface area contributed by atoms with Crippen LogP contribution in [0, 0.1) is 0 Å². The van der Waals surface area contributed by atoms with Gasteiger partial charge in [0.25, 0.3) is 0 Å². The molecular weight excluding hydrogens is 428 g/mol. The first-order valence-electron chi connectivity index (χ1n) is 10.7. The molecule has 5 rings (SSSR count). The van der Waals surface area contributed by atoms with Gasteiger partial charge in [-0.15, -0.1) is 0 Å². The van der Waals surface area contributed by atoms with Crippen molar-refractivity contribution >= 4 is 16.8 Å². The Bertz CT molecular complexity index is 1230. The third-order valence-electron chi connectivity index (χ3n) is 5.74. The standard InChI is InChI=1S/C25H24O8/c1-25(2)32-22-21(29-13-14-7-5-4-6-8-14)20(31-24(22)33-25)19(26)17-11-15-9-10-16(28-3)12-18(15)30-23(17)27/h4-12,20-22,24H,13H2,1-3H3/t20-,21+,22-,24-/m1/s1. The van der Waals surface area contributed by atoms with Crippen molar-refractivity contribution in [1.82, 2.24) is 0 Å². The van der Waals surface area contributed by atoms with E-state index < -0.39 is 41.8 Å². The van der Waals surface area contributed by atoms with Crippen molar-refractivity contribution in [3.63, 3.8) is 0 Å².